The van der Waals surface area contributed by atoms with Crippen molar-refractivity contribution in [2.45, 2.75) is 39.7 Å². The number of aryl methyl sites for hydroxylation is 3. The first-order valence-electron chi connectivity index (χ1n) is 7.39. The molecule has 0 spiro atoms. The fourth-order valence-electron chi connectivity index (χ4n) is 3.24. The standard InChI is InChI=1S/C17H20N2O2/c1-11-7-4-5-8-14(11)17(20)19-10-6-9-15(19)16-12(2)18-21-13(16)3/h4-5,7-8,15H,6,9-10H2,1-3H3/t15-/m0/s1. The quantitative estimate of drug-likeness (QED) is 0.846. The molecule has 0 unspecified atom stereocenters. The zero-order valence-electron chi connectivity index (χ0n) is 12.7. The Kier molecular flexibility index (Phi) is 3.53. The van der Waals surface area contributed by atoms with E-state index in [4.69, 9.17) is 4.52 Å². The lowest BCUT2D eigenvalue weighted by Crippen LogP contribution is -2.31. The fraction of sp³-hybridized carbons (Fsp3) is 0.412. The molecular formula is C17H20N2O2. The van der Waals surface area contributed by atoms with Crippen LogP contribution in [0.3, 0.4) is 0 Å². The average Bonchev–Trinajstić information content (AvgIpc) is 3.05. The molecule has 4 heteroatoms. The van der Waals surface area contributed by atoms with Crippen LogP contribution in [0.1, 0.15) is 51.8 Å². The van der Waals surface area contributed by atoms with Crippen molar-refractivity contribution in [3.63, 3.8) is 0 Å². The van der Waals surface area contributed by atoms with E-state index in [0.717, 1.165) is 47.5 Å². The predicted molar refractivity (Wildman–Crippen MR) is 80.2 cm³/mol. The van der Waals surface area contributed by atoms with Gasteiger partial charge in [-0.25, -0.2) is 0 Å². The summed E-state index contributed by atoms with van der Waals surface area (Å²) in [5, 5.41) is 4.03. The Bertz CT molecular complexity index is 656. The molecule has 21 heavy (non-hydrogen) atoms. The van der Waals surface area contributed by atoms with Gasteiger partial charge in [0.05, 0.1) is 11.7 Å². The van der Waals surface area contributed by atoms with Crippen LogP contribution in [0.2, 0.25) is 0 Å². The molecule has 0 saturated carbocycles. The Morgan fingerprint density at radius 2 is 2.05 bits per heavy atom. The highest BCUT2D eigenvalue weighted by molar-refractivity contribution is 5.96. The van der Waals surface area contributed by atoms with Crippen molar-refractivity contribution in [1.29, 1.82) is 0 Å². The van der Waals surface area contributed by atoms with Crippen LogP contribution < -0.4 is 0 Å². The summed E-state index contributed by atoms with van der Waals surface area (Å²) in [7, 11) is 0. The molecule has 1 aromatic carbocycles. The monoisotopic (exact) mass is 284 g/mol. The number of hydrogen-bond acceptors (Lipinski definition) is 3. The summed E-state index contributed by atoms with van der Waals surface area (Å²) in [5.74, 6) is 0.928. The second-order valence-electron chi connectivity index (χ2n) is 5.71. The lowest BCUT2D eigenvalue weighted by Gasteiger charge is -2.25. The van der Waals surface area contributed by atoms with E-state index in [1.807, 2.05) is 49.9 Å². The molecule has 1 aromatic heterocycles. The molecule has 1 fully saturated rings. The normalized spacial score (nSPS) is 18.2. The molecule has 1 atom stereocenters. The summed E-state index contributed by atoms with van der Waals surface area (Å²) in [4.78, 5) is 14.8. The molecule has 0 N–H and O–H groups in total. The van der Waals surface area contributed by atoms with E-state index in [2.05, 4.69) is 5.16 Å². The fourth-order valence-corrected chi connectivity index (χ4v) is 3.24. The maximum absolute atomic E-state index is 12.9. The lowest BCUT2D eigenvalue weighted by atomic mass is 10.0. The van der Waals surface area contributed by atoms with Gasteiger partial charge < -0.3 is 9.42 Å². The average molecular weight is 284 g/mol. The third-order valence-corrected chi connectivity index (χ3v) is 4.31. The second kappa shape index (κ2) is 5.35. The van der Waals surface area contributed by atoms with Crippen molar-refractivity contribution in [2.24, 2.45) is 0 Å². The van der Waals surface area contributed by atoms with Gasteiger partial charge in [-0.2, -0.15) is 0 Å². The number of aromatic nitrogens is 1. The molecule has 1 saturated heterocycles. The first kappa shape index (κ1) is 13.9. The van der Waals surface area contributed by atoms with Crippen molar-refractivity contribution in [2.75, 3.05) is 6.54 Å². The highest BCUT2D eigenvalue weighted by Crippen LogP contribution is 2.36. The number of nitrogens with zero attached hydrogens (tertiary/aromatic N) is 2. The van der Waals surface area contributed by atoms with Crippen LogP contribution in [-0.2, 0) is 0 Å². The van der Waals surface area contributed by atoms with Crippen molar-refractivity contribution < 1.29 is 9.32 Å². The van der Waals surface area contributed by atoms with Gasteiger partial charge in [0.2, 0.25) is 0 Å². The van der Waals surface area contributed by atoms with Gasteiger partial charge in [0.15, 0.2) is 0 Å². The summed E-state index contributed by atoms with van der Waals surface area (Å²) >= 11 is 0. The van der Waals surface area contributed by atoms with Gasteiger partial charge in [-0.05, 0) is 45.2 Å². The molecule has 110 valence electrons. The second-order valence-corrected chi connectivity index (χ2v) is 5.71. The van der Waals surface area contributed by atoms with E-state index in [-0.39, 0.29) is 11.9 Å². The number of carbonyl (C=O) groups excluding carboxylic acids is 1. The summed E-state index contributed by atoms with van der Waals surface area (Å²) in [6.45, 7) is 6.64. The smallest absolute Gasteiger partial charge is 0.254 e. The lowest BCUT2D eigenvalue weighted by molar-refractivity contribution is 0.0734. The van der Waals surface area contributed by atoms with Gasteiger partial charge in [0, 0.05) is 17.7 Å². The van der Waals surface area contributed by atoms with Crippen LogP contribution in [0.25, 0.3) is 0 Å². The Hall–Kier alpha value is -2.10. The van der Waals surface area contributed by atoms with E-state index >= 15 is 0 Å². The predicted octanol–water partition coefficient (Wildman–Crippen LogP) is 3.58. The minimum absolute atomic E-state index is 0.0864. The number of amides is 1. The summed E-state index contributed by atoms with van der Waals surface area (Å²) in [6.07, 6.45) is 1.99. The Morgan fingerprint density at radius 1 is 1.29 bits per heavy atom. The SMILES string of the molecule is Cc1ccccc1C(=O)N1CCC[C@H]1c1c(C)noc1C. The first-order valence-corrected chi connectivity index (χ1v) is 7.39. The number of carbonyl (C=O) groups is 1. The molecule has 3 rings (SSSR count). The van der Waals surface area contributed by atoms with Gasteiger partial charge in [0.25, 0.3) is 5.91 Å². The van der Waals surface area contributed by atoms with Gasteiger partial charge in [-0.15, -0.1) is 0 Å². The van der Waals surface area contributed by atoms with Gasteiger partial charge in [-0.1, -0.05) is 23.4 Å². The molecule has 4 nitrogen and oxygen atoms in total. The minimum atomic E-state index is 0.0864. The van der Waals surface area contributed by atoms with Gasteiger partial charge in [0.1, 0.15) is 5.76 Å². The molecule has 1 aliphatic heterocycles. The van der Waals surface area contributed by atoms with Crippen molar-refractivity contribution in [3.05, 3.63) is 52.4 Å². The van der Waals surface area contributed by atoms with Crippen molar-refractivity contribution >= 4 is 5.91 Å². The number of hydrogen-bond donors (Lipinski definition) is 0. The van der Waals surface area contributed by atoms with Crippen molar-refractivity contribution in [1.82, 2.24) is 10.1 Å². The van der Waals surface area contributed by atoms with E-state index in [1.165, 1.54) is 0 Å². The largest absolute Gasteiger partial charge is 0.361 e. The summed E-state index contributed by atoms with van der Waals surface area (Å²) in [6, 6.07) is 7.85. The van der Waals surface area contributed by atoms with E-state index < -0.39 is 0 Å². The van der Waals surface area contributed by atoms with Crippen LogP contribution in [0.5, 0.6) is 0 Å². The number of benzene rings is 1. The molecule has 2 aromatic rings. The van der Waals surface area contributed by atoms with E-state index in [0.29, 0.717) is 0 Å². The molecule has 1 aliphatic rings. The number of likely N-dealkylation sites (tertiary alicyclic amines) is 1. The third-order valence-electron chi connectivity index (χ3n) is 4.31. The maximum atomic E-state index is 12.9. The maximum Gasteiger partial charge on any atom is 0.254 e. The van der Waals surface area contributed by atoms with E-state index in [1.54, 1.807) is 0 Å². The topological polar surface area (TPSA) is 46.3 Å². The van der Waals surface area contributed by atoms with Gasteiger partial charge >= 0.3 is 0 Å². The highest BCUT2D eigenvalue weighted by atomic mass is 16.5. The molecular weight excluding hydrogens is 264 g/mol. The van der Waals surface area contributed by atoms with Crippen LogP contribution in [-0.4, -0.2) is 22.5 Å². The first-order chi connectivity index (χ1) is 10.1. The van der Waals surface area contributed by atoms with Crippen molar-refractivity contribution in [3.8, 4) is 0 Å². The Labute approximate surface area is 124 Å². The molecule has 0 radical (unpaired) electrons. The summed E-state index contributed by atoms with van der Waals surface area (Å²) in [5.41, 5.74) is 3.78. The third kappa shape index (κ3) is 2.35. The van der Waals surface area contributed by atoms with Crippen LogP contribution in [0.4, 0.5) is 0 Å². The van der Waals surface area contributed by atoms with Gasteiger partial charge in [-0.3, -0.25) is 4.79 Å². The van der Waals surface area contributed by atoms with Crippen LogP contribution in [0.15, 0.2) is 28.8 Å². The highest BCUT2D eigenvalue weighted by Gasteiger charge is 2.34. The molecule has 0 bridgehead atoms. The molecule has 2 heterocycles. The van der Waals surface area contributed by atoms with Crippen LogP contribution in [0, 0.1) is 20.8 Å². The minimum Gasteiger partial charge on any atom is -0.361 e. The zero-order valence-corrected chi connectivity index (χ0v) is 12.7. The summed E-state index contributed by atoms with van der Waals surface area (Å²) < 4.78 is 5.28. The molecule has 0 aliphatic carbocycles. The number of rotatable bonds is 2. The Morgan fingerprint density at radius 3 is 2.71 bits per heavy atom. The molecule has 1 amide bonds. The Balaban J connectivity index is 1.95. The van der Waals surface area contributed by atoms with E-state index in [9.17, 15) is 4.79 Å². The van der Waals surface area contributed by atoms with Crippen LogP contribution >= 0.6 is 0 Å². The zero-order chi connectivity index (χ0) is 15.0.